The Bertz CT molecular complexity index is 542. The van der Waals surface area contributed by atoms with Crippen LogP contribution in [0.25, 0.3) is 0 Å². The van der Waals surface area contributed by atoms with E-state index in [0.717, 1.165) is 20.6 Å². The van der Waals surface area contributed by atoms with E-state index in [1.807, 2.05) is 38.1 Å². The predicted molar refractivity (Wildman–Crippen MR) is 75.9 cm³/mol. The molecule has 0 radical (unpaired) electrons. The first-order valence-corrected chi connectivity index (χ1v) is 6.80. The molecule has 0 bridgehead atoms. The number of amides is 1. The number of aryl methyl sites for hydroxylation is 2. The summed E-state index contributed by atoms with van der Waals surface area (Å²) in [5.41, 5.74) is 3.14. The van der Waals surface area contributed by atoms with Crippen LogP contribution in [0.2, 0.25) is 0 Å². The minimum absolute atomic E-state index is 0.0642. The quantitative estimate of drug-likeness (QED) is 0.876. The smallest absolute Gasteiger partial charge is 0.265 e. The maximum atomic E-state index is 11.9. The number of thiophene rings is 1. The maximum absolute atomic E-state index is 11.9. The summed E-state index contributed by atoms with van der Waals surface area (Å²) in [6.45, 7) is 4.04. The molecule has 0 fully saturated rings. The van der Waals surface area contributed by atoms with Crippen molar-refractivity contribution in [2.75, 3.05) is 5.32 Å². The zero-order chi connectivity index (χ0) is 12.4. The number of carbonyl (C=O) groups is 1. The molecule has 0 atom stereocenters. The summed E-state index contributed by atoms with van der Waals surface area (Å²) < 4.78 is 0.961. The second kappa shape index (κ2) is 5.02. The third-order valence-corrected chi connectivity index (χ3v) is 3.90. The first-order chi connectivity index (χ1) is 8.04. The van der Waals surface area contributed by atoms with Crippen molar-refractivity contribution in [3.8, 4) is 0 Å². The predicted octanol–water partition coefficient (Wildman–Crippen LogP) is 4.38. The van der Waals surface area contributed by atoms with Crippen LogP contribution < -0.4 is 5.32 Å². The third-order valence-electron chi connectivity index (χ3n) is 2.28. The van der Waals surface area contributed by atoms with E-state index in [1.54, 1.807) is 0 Å². The van der Waals surface area contributed by atoms with Crippen molar-refractivity contribution >= 4 is 38.9 Å². The molecular formula is C13H12BrNOS. The van der Waals surface area contributed by atoms with Gasteiger partial charge < -0.3 is 5.32 Å². The normalized spacial score (nSPS) is 10.3. The second-order valence-electron chi connectivity index (χ2n) is 3.93. The summed E-state index contributed by atoms with van der Waals surface area (Å²) >= 11 is 4.78. The SMILES string of the molecule is Cc1cc(C)cc(NC(=O)c2ccc(Br)s2)c1. The Morgan fingerprint density at radius 1 is 1.18 bits per heavy atom. The number of hydrogen-bond acceptors (Lipinski definition) is 2. The van der Waals surface area contributed by atoms with Gasteiger partial charge in [-0.2, -0.15) is 0 Å². The monoisotopic (exact) mass is 309 g/mol. The summed E-state index contributed by atoms with van der Waals surface area (Å²) in [7, 11) is 0. The van der Waals surface area contributed by atoms with Gasteiger partial charge in [-0.15, -0.1) is 11.3 Å². The molecule has 0 saturated carbocycles. The molecule has 1 aromatic carbocycles. The van der Waals surface area contributed by atoms with Crippen molar-refractivity contribution in [2.24, 2.45) is 0 Å². The fraction of sp³-hybridized carbons (Fsp3) is 0.154. The highest BCUT2D eigenvalue weighted by molar-refractivity contribution is 9.11. The Morgan fingerprint density at radius 3 is 2.35 bits per heavy atom. The molecule has 0 aliphatic rings. The zero-order valence-electron chi connectivity index (χ0n) is 9.58. The molecule has 2 nitrogen and oxygen atoms in total. The minimum atomic E-state index is -0.0642. The van der Waals surface area contributed by atoms with Gasteiger partial charge in [-0.3, -0.25) is 4.79 Å². The van der Waals surface area contributed by atoms with Crippen LogP contribution in [0.15, 0.2) is 34.1 Å². The molecule has 4 heteroatoms. The number of rotatable bonds is 2. The molecule has 1 amide bonds. The Hall–Kier alpha value is -1.13. The first kappa shape index (κ1) is 12.3. The molecule has 88 valence electrons. The summed E-state index contributed by atoms with van der Waals surface area (Å²) in [5, 5.41) is 2.90. The summed E-state index contributed by atoms with van der Waals surface area (Å²) in [5.74, 6) is -0.0642. The van der Waals surface area contributed by atoms with Crippen molar-refractivity contribution in [2.45, 2.75) is 13.8 Å². The molecule has 2 rings (SSSR count). The van der Waals surface area contributed by atoms with E-state index in [1.165, 1.54) is 11.3 Å². The Morgan fingerprint density at radius 2 is 1.82 bits per heavy atom. The van der Waals surface area contributed by atoms with E-state index in [4.69, 9.17) is 0 Å². The van der Waals surface area contributed by atoms with Crippen molar-refractivity contribution in [1.29, 1.82) is 0 Å². The first-order valence-electron chi connectivity index (χ1n) is 5.19. The van der Waals surface area contributed by atoms with E-state index < -0.39 is 0 Å². The van der Waals surface area contributed by atoms with Gasteiger partial charge in [-0.05, 0) is 65.2 Å². The summed E-state index contributed by atoms with van der Waals surface area (Å²) in [6.07, 6.45) is 0. The zero-order valence-corrected chi connectivity index (χ0v) is 12.0. The number of anilines is 1. The third kappa shape index (κ3) is 3.17. The van der Waals surface area contributed by atoms with Crippen LogP contribution in [-0.2, 0) is 0 Å². The molecule has 0 spiro atoms. The molecule has 0 aliphatic carbocycles. The number of hydrogen-bond donors (Lipinski definition) is 1. The molecule has 0 unspecified atom stereocenters. The molecule has 1 heterocycles. The van der Waals surface area contributed by atoms with Gasteiger partial charge in [-0.25, -0.2) is 0 Å². The Balaban J connectivity index is 2.18. The lowest BCUT2D eigenvalue weighted by Crippen LogP contribution is -2.10. The summed E-state index contributed by atoms with van der Waals surface area (Å²) in [6, 6.07) is 9.70. The average Bonchev–Trinajstić information content (AvgIpc) is 2.63. The van der Waals surface area contributed by atoms with Gasteiger partial charge in [0.2, 0.25) is 0 Å². The number of nitrogens with one attached hydrogen (secondary N) is 1. The average molecular weight is 310 g/mol. The lowest BCUT2D eigenvalue weighted by molar-refractivity contribution is 0.103. The van der Waals surface area contributed by atoms with Crippen LogP contribution in [0, 0.1) is 13.8 Å². The van der Waals surface area contributed by atoms with Crippen molar-refractivity contribution in [3.05, 3.63) is 50.1 Å². The topological polar surface area (TPSA) is 29.1 Å². The van der Waals surface area contributed by atoms with E-state index in [0.29, 0.717) is 4.88 Å². The van der Waals surface area contributed by atoms with Gasteiger partial charge in [0.05, 0.1) is 8.66 Å². The molecule has 1 aromatic heterocycles. The van der Waals surface area contributed by atoms with Gasteiger partial charge in [0.25, 0.3) is 5.91 Å². The van der Waals surface area contributed by atoms with Crippen LogP contribution in [0.3, 0.4) is 0 Å². The lowest BCUT2D eigenvalue weighted by atomic mass is 10.1. The van der Waals surface area contributed by atoms with Crippen LogP contribution in [-0.4, -0.2) is 5.91 Å². The van der Waals surface area contributed by atoms with E-state index in [2.05, 4.69) is 27.3 Å². The largest absolute Gasteiger partial charge is 0.321 e. The Kier molecular flexibility index (Phi) is 3.64. The second-order valence-corrected chi connectivity index (χ2v) is 6.40. The highest BCUT2D eigenvalue weighted by atomic mass is 79.9. The van der Waals surface area contributed by atoms with E-state index >= 15 is 0 Å². The van der Waals surface area contributed by atoms with Crippen LogP contribution in [0.1, 0.15) is 20.8 Å². The van der Waals surface area contributed by atoms with E-state index in [-0.39, 0.29) is 5.91 Å². The maximum Gasteiger partial charge on any atom is 0.265 e. The molecular weight excluding hydrogens is 298 g/mol. The fourth-order valence-corrected chi connectivity index (χ4v) is 2.96. The molecule has 17 heavy (non-hydrogen) atoms. The molecule has 0 aliphatic heterocycles. The van der Waals surface area contributed by atoms with Crippen LogP contribution in [0.5, 0.6) is 0 Å². The lowest BCUT2D eigenvalue weighted by Gasteiger charge is -2.06. The molecule has 1 N–H and O–H groups in total. The van der Waals surface area contributed by atoms with Crippen molar-refractivity contribution in [3.63, 3.8) is 0 Å². The number of halogens is 1. The van der Waals surface area contributed by atoms with Crippen LogP contribution in [0.4, 0.5) is 5.69 Å². The minimum Gasteiger partial charge on any atom is -0.321 e. The Labute approximate surface area is 113 Å². The van der Waals surface area contributed by atoms with Crippen molar-refractivity contribution in [1.82, 2.24) is 0 Å². The number of benzene rings is 1. The van der Waals surface area contributed by atoms with Gasteiger partial charge in [0.15, 0.2) is 0 Å². The van der Waals surface area contributed by atoms with Gasteiger partial charge in [0.1, 0.15) is 0 Å². The number of carbonyl (C=O) groups excluding carboxylic acids is 1. The fourth-order valence-electron chi connectivity index (χ4n) is 1.68. The highest BCUT2D eigenvalue weighted by Crippen LogP contribution is 2.23. The standard InChI is InChI=1S/C13H12BrNOS/c1-8-5-9(2)7-10(6-8)15-13(16)11-3-4-12(14)17-11/h3-7H,1-2H3,(H,15,16). The van der Waals surface area contributed by atoms with Crippen LogP contribution >= 0.6 is 27.3 Å². The van der Waals surface area contributed by atoms with E-state index in [9.17, 15) is 4.79 Å². The van der Waals surface area contributed by atoms with Gasteiger partial charge in [-0.1, -0.05) is 6.07 Å². The van der Waals surface area contributed by atoms with Crippen molar-refractivity contribution < 1.29 is 4.79 Å². The van der Waals surface area contributed by atoms with Gasteiger partial charge in [0, 0.05) is 5.69 Å². The molecule has 0 saturated heterocycles. The highest BCUT2D eigenvalue weighted by Gasteiger charge is 2.08. The summed E-state index contributed by atoms with van der Waals surface area (Å²) in [4.78, 5) is 12.6. The van der Waals surface area contributed by atoms with Gasteiger partial charge >= 0.3 is 0 Å². The molecule has 2 aromatic rings.